The van der Waals surface area contributed by atoms with Crippen LogP contribution in [0, 0.1) is 0 Å². The molecule has 1 amide bonds. The van der Waals surface area contributed by atoms with Crippen LogP contribution in [-0.4, -0.2) is 29.9 Å². The number of hydrogen-bond acceptors (Lipinski definition) is 5. The zero-order chi connectivity index (χ0) is 18.1. The molecule has 0 aromatic heterocycles. The first kappa shape index (κ1) is 18.3. The number of anilines is 1. The first-order chi connectivity index (χ1) is 12.1. The Kier molecular flexibility index (Phi) is 6.83. The number of carbonyl (C=O) groups is 1. The fraction of sp³-hybridized carbons (Fsp3) is 0.263. The summed E-state index contributed by atoms with van der Waals surface area (Å²) in [5, 5.41) is 16.4. The maximum atomic E-state index is 12.2. The van der Waals surface area contributed by atoms with E-state index in [9.17, 15) is 9.90 Å². The molecule has 25 heavy (non-hydrogen) atoms. The standard InChI is InChI=1S/C19H23N3O3/c1-3-18(21-15-7-11-17(12-8-15)25-4-2)19(24)22-20-13-14-5-9-16(23)10-6-14/h5-13,18,21,23H,3-4H2,1-2H3,(H,22,24). The molecule has 2 aromatic rings. The molecule has 6 nitrogen and oxygen atoms in total. The van der Waals surface area contributed by atoms with Gasteiger partial charge in [0.15, 0.2) is 0 Å². The average Bonchev–Trinajstić information content (AvgIpc) is 2.63. The lowest BCUT2D eigenvalue weighted by atomic mass is 10.2. The lowest BCUT2D eigenvalue weighted by Crippen LogP contribution is -2.36. The van der Waals surface area contributed by atoms with Crippen LogP contribution in [0.3, 0.4) is 0 Å². The lowest BCUT2D eigenvalue weighted by molar-refractivity contribution is -0.121. The monoisotopic (exact) mass is 341 g/mol. The summed E-state index contributed by atoms with van der Waals surface area (Å²) in [6, 6.07) is 13.6. The summed E-state index contributed by atoms with van der Waals surface area (Å²) in [6.07, 6.45) is 2.15. The normalized spacial score (nSPS) is 11.9. The van der Waals surface area contributed by atoms with Crippen LogP contribution in [0.15, 0.2) is 53.6 Å². The minimum Gasteiger partial charge on any atom is -0.508 e. The quantitative estimate of drug-likeness (QED) is 0.509. The van der Waals surface area contributed by atoms with Crippen molar-refractivity contribution in [1.29, 1.82) is 0 Å². The summed E-state index contributed by atoms with van der Waals surface area (Å²) < 4.78 is 5.40. The molecular weight excluding hydrogens is 318 g/mol. The third-order valence-corrected chi connectivity index (χ3v) is 3.51. The van der Waals surface area contributed by atoms with E-state index in [4.69, 9.17) is 4.74 Å². The van der Waals surface area contributed by atoms with Gasteiger partial charge in [0, 0.05) is 5.69 Å². The maximum Gasteiger partial charge on any atom is 0.262 e. The minimum atomic E-state index is -0.394. The van der Waals surface area contributed by atoms with Crippen LogP contribution in [0.25, 0.3) is 0 Å². The van der Waals surface area contributed by atoms with E-state index >= 15 is 0 Å². The molecule has 0 aliphatic carbocycles. The Morgan fingerprint density at radius 2 is 1.84 bits per heavy atom. The van der Waals surface area contributed by atoms with Gasteiger partial charge in [0.05, 0.1) is 12.8 Å². The van der Waals surface area contributed by atoms with Gasteiger partial charge >= 0.3 is 0 Å². The fourth-order valence-electron chi connectivity index (χ4n) is 2.18. The number of phenols is 1. The molecule has 1 atom stereocenters. The largest absolute Gasteiger partial charge is 0.508 e. The second-order valence-electron chi connectivity index (χ2n) is 5.39. The summed E-state index contributed by atoms with van der Waals surface area (Å²) >= 11 is 0. The third-order valence-electron chi connectivity index (χ3n) is 3.51. The molecule has 0 heterocycles. The van der Waals surface area contributed by atoms with E-state index in [2.05, 4.69) is 15.8 Å². The Morgan fingerprint density at radius 1 is 1.16 bits per heavy atom. The van der Waals surface area contributed by atoms with Crippen LogP contribution in [0.4, 0.5) is 5.69 Å². The Bertz CT molecular complexity index is 697. The molecule has 3 N–H and O–H groups in total. The topological polar surface area (TPSA) is 83.0 Å². The van der Waals surface area contributed by atoms with Gasteiger partial charge in [-0.2, -0.15) is 5.10 Å². The summed E-state index contributed by atoms with van der Waals surface area (Å²) in [4.78, 5) is 12.2. The highest BCUT2D eigenvalue weighted by Crippen LogP contribution is 2.17. The Labute approximate surface area is 147 Å². The highest BCUT2D eigenvalue weighted by atomic mass is 16.5. The van der Waals surface area contributed by atoms with Crippen LogP contribution in [0.2, 0.25) is 0 Å². The summed E-state index contributed by atoms with van der Waals surface area (Å²) in [5.74, 6) is 0.766. The molecule has 0 saturated carbocycles. The second-order valence-corrected chi connectivity index (χ2v) is 5.39. The van der Waals surface area contributed by atoms with Gasteiger partial charge < -0.3 is 15.2 Å². The fourth-order valence-corrected chi connectivity index (χ4v) is 2.18. The smallest absolute Gasteiger partial charge is 0.262 e. The minimum absolute atomic E-state index is 0.187. The third kappa shape index (κ3) is 5.84. The van der Waals surface area contributed by atoms with Crippen LogP contribution in [0.1, 0.15) is 25.8 Å². The predicted molar refractivity (Wildman–Crippen MR) is 99.2 cm³/mol. The second kappa shape index (κ2) is 9.32. The number of nitrogens with zero attached hydrogens (tertiary/aromatic N) is 1. The molecular formula is C19H23N3O3. The summed E-state index contributed by atoms with van der Waals surface area (Å²) in [6.45, 7) is 4.48. The van der Waals surface area contributed by atoms with Crippen molar-refractivity contribution >= 4 is 17.8 Å². The van der Waals surface area contributed by atoms with E-state index in [0.29, 0.717) is 13.0 Å². The Morgan fingerprint density at radius 3 is 2.44 bits per heavy atom. The molecule has 2 rings (SSSR count). The number of benzene rings is 2. The zero-order valence-corrected chi connectivity index (χ0v) is 14.4. The first-order valence-electron chi connectivity index (χ1n) is 8.23. The van der Waals surface area contributed by atoms with Crippen LogP contribution in [-0.2, 0) is 4.79 Å². The number of hydrazone groups is 1. The maximum absolute atomic E-state index is 12.2. The van der Waals surface area contributed by atoms with Crippen molar-refractivity contribution in [3.63, 3.8) is 0 Å². The van der Waals surface area contributed by atoms with Crippen molar-refractivity contribution in [2.45, 2.75) is 26.3 Å². The van der Waals surface area contributed by atoms with E-state index in [1.54, 1.807) is 24.3 Å². The molecule has 1 unspecified atom stereocenters. The SMILES string of the molecule is CCOc1ccc(NC(CC)C(=O)NN=Cc2ccc(O)cc2)cc1. The molecule has 0 saturated heterocycles. The number of amides is 1. The van der Waals surface area contributed by atoms with Gasteiger partial charge in [-0.15, -0.1) is 0 Å². The molecule has 0 bridgehead atoms. The molecule has 0 radical (unpaired) electrons. The number of aromatic hydroxyl groups is 1. The van der Waals surface area contributed by atoms with Crippen LogP contribution < -0.4 is 15.5 Å². The van der Waals surface area contributed by atoms with Crippen LogP contribution >= 0.6 is 0 Å². The number of ether oxygens (including phenoxy) is 1. The van der Waals surface area contributed by atoms with Crippen molar-refractivity contribution in [2.24, 2.45) is 5.10 Å². The van der Waals surface area contributed by atoms with Gasteiger partial charge in [0.2, 0.25) is 0 Å². The number of nitrogens with one attached hydrogen (secondary N) is 2. The van der Waals surface area contributed by atoms with Gasteiger partial charge in [-0.3, -0.25) is 4.79 Å². The molecule has 0 fully saturated rings. The predicted octanol–water partition coefficient (Wildman–Crippen LogP) is 3.13. The van der Waals surface area contributed by atoms with Crippen molar-refractivity contribution in [2.75, 3.05) is 11.9 Å². The van der Waals surface area contributed by atoms with Crippen molar-refractivity contribution in [3.8, 4) is 11.5 Å². The van der Waals surface area contributed by atoms with E-state index < -0.39 is 6.04 Å². The highest BCUT2D eigenvalue weighted by Gasteiger charge is 2.15. The Balaban J connectivity index is 1.90. The zero-order valence-electron chi connectivity index (χ0n) is 14.4. The molecule has 132 valence electrons. The number of hydrogen-bond donors (Lipinski definition) is 3. The summed E-state index contributed by atoms with van der Waals surface area (Å²) in [5.41, 5.74) is 4.15. The van der Waals surface area contributed by atoms with Gasteiger partial charge in [-0.1, -0.05) is 6.92 Å². The molecule has 6 heteroatoms. The van der Waals surface area contributed by atoms with Crippen LogP contribution in [0.5, 0.6) is 11.5 Å². The van der Waals surface area contributed by atoms with E-state index in [-0.39, 0.29) is 11.7 Å². The van der Waals surface area contributed by atoms with Gasteiger partial charge in [-0.25, -0.2) is 5.43 Å². The number of phenolic OH excluding ortho intramolecular Hbond substituents is 1. The van der Waals surface area contributed by atoms with Crippen molar-refractivity contribution < 1.29 is 14.6 Å². The highest BCUT2D eigenvalue weighted by molar-refractivity contribution is 5.86. The van der Waals surface area contributed by atoms with E-state index in [1.165, 1.54) is 6.21 Å². The summed E-state index contributed by atoms with van der Waals surface area (Å²) in [7, 11) is 0. The van der Waals surface area contributed by atoms with Crippen molar-refractivity contribution in [1.82, 2.24) is 5.43 Å². The van der Waals surface area contributed by atoms with Crippen molar-refractivity contribution in [3.05, 3.63) is 54.1 Å². The first-order valence-corrected chi connectivity index (χ1v) is 8.23. The number of carbonyl (C=O) groups excluding carboxylic acids is 1. The molecule has 0 aliphatic heterocycles. The molecule has 2 aromatic carbocycles. The van der Waals surface area contributed by atoms with Gasteiger partial charge in [0.25, 0.3) is 5.91 Å². The lowest BCUT2D eigenvalue weighted by Gasteiger charge is -2.16. The van der Waals surface area contributed by atoms with E-state index in [0.717, 1.165) is 17.0 Å². The molecule has 0 spiro atoms. The number of rotatable bonds is 8. The van der Waals surface area contributed by atoms with Gasteiger partial charge in [-0.05, 0) is 67.4 Å². The van der Waals surface area contributed by atoms with Gasteiger partial charge in [0.1, 0.15) is 17.5 Å². The molecule has 0 aliphatic rings. The average molecular weight is 341 g/mol. The Hall–Kier alpha value is -3.02. The van der Waals surface area contributed by atoms with E-state index in [1.807, 2.05) is 38.1 Å².